The number of carbonyl (C=O) groups is 1. The summed E-state index contributed by atoms with van der Waals surface area (Å²) in [5.41, 5.74) is 9.74. The average Bonchev–Trinajstić information content (AvgIpc) is 3.10. The van der Waals surface area contributed by atoms with E-state index in [0.717, 1.165) is 22.0 Å². The van der Waals surface area contributed by atoms with Crippen molar-refractivity contribution in [3.05, 3.63) is 106 Å². The molecule has 0 atom stereocenters. The fraction of sp³-hybridized carbons (Fsp3) is 0.0833. The fourth-order valence-corrected chi connectivity index (χ4v) is 3.67. The molecular weight excluding hydrogens is 396 g/mol. The highest BCUT2D eigenvalue weighted by Crippen LogP contribution is 2.25. The second-order valence-corrected chi connectivity index (χ2v) is 7.54. The first-order valence-electron chi connectivity index (χ1n) is 9.55. The molecule has 1 aromatic heterocycles. The van der Waals surface area contributed by atoms with Crippen molar-refractivity contribution in [2.24, 2.45) is 5.73 Å². The van der Waals surface area contributed by atoms with Crippen LogP contribution in [0.1, 0.15) is 27.2 Å². The molecule has 1 heterocycles. The molecule has 0 aliphatic rings. The van der Waals surface area contributed by atoms with Gasteiger partial charge in [0.15, 0.2) is 0 Å². The van der Waals surface area contributed by atoms with Crippen molar-refractivity contribution in [2.75, 3.05) is 0 Å². The summed E-state index contributed by atoms with van der Waals surface area (Å²) >= 11 is 6.17. The lowest BCUT2D eigenvalue weighted by atomic mass is 10.1. The molecule has 150 valence electrons. The predicted octanol–water partition coefficient (Wildman–Crippen LogP) is 4.56. The molecule has 0 saturated carbocycles. The first-order chi connectivity index (χ1) is 14.5. The third-order valence-electron chi connectivity index (χ3n) is 4.97. The van der Waals surface area contributed by atoms with Crippen LogP contribution in [0.4, 0.5) is 0 Å². The number of rotatable bonds is 6. The molecular formula is C24H21ClN4O. The van der Waals surface area contributed by atoms with Gasteiger partial charge in [-0.1, -0.05) is 60.1 Å². The summed E-state index contributed by atoms with van der Waals surface area (Å²) in [6, 6.07) is 24.7. The number of fused-ring (bicyclic) bond motifs is 1. The van der Waals surface area contributed by atoms with Crippen LogP contribution in [0.25, 0.3) is 10.9 Å². The molecule has 0 unspecified atom stereocenters. The second-order valence-electron chi connectivity index (χ2n) is 7.10. The van der Waals surface area contributed by atoms with E-state index in [-0.39, 0.29) is 11.7 Å². The lowest BCUT2D eigenvalue weighted by Gasteiger charge is -2.12. The van der Waals surface area contributed by atoms with Gasteiger partial charge in [0.25, 0.3) is 5.91 Å². The number of nitrogens with zero attached hydrogens (tertiary/aromatic N) is 1. The first kappa shape index (κ1) is 19.7. The maximum atomic E-state index is 13.0. The fourth-order valence-electron chi connectivity index (χ4n) is 3.49. The Hall–Kier alpha value is -3.57. The minimum atomic E-state index is -0.158. The minimum Gasteiger partial charge on any atom is -0.384 e. The molecule has 0 aliphatic heterocycles. The molecule has 0 radical (unpaired) electrons. The first-order valence-corrected chi connectivity index (χ1v) is 9.93. The van der Waals surface area contributed by atoms with Gasteiger partial charge in [0, 0.05) is 34.6 Å². The Labute approximate surface area is 179 Å². The molecule has 3 aromatic carbocycles. The summed E-state index contributed by atoms with van der Waals surface area (Å²) in [7, 11) is 0. The van der Waals surface area contributed by atoms with Crippen LogP contribution in [0.3, 0.4) is 0 Å². The van der Waals surface area contributed by atoms with Gasteiger partial charge >= 0.3 is 0 Å². The van der Waals surface area contributed by atoms with Crippen LogP contribution in [0, 0.1) is 5.41 Å². The number of nitrogens with one attached hydrogen (secondary N) is 2. The zero-order valence-electron chi connectivity index (χ0n) is 16.2. The molecule has 0 saturated heterocycles. The summed E-state index contributed by atoms with van der Waals surface area (Å²) in [6.07, 6.45) is 0. The van der Waals surface area contributed by atoms with Gasteiger partial charge in [-0.05, 0) is 41.5 Å². The number of carbonyl (C=O) groups excluding carboxylic acids is 1. The van der Waals surface area contributed by atoms with Crippen molar-refractivity contribution in [3.63, 3.8) is 0 Å². The number of amidine groups is 1. The molecule has 0 fully saturated rings. The van der Waals surface area contributed by atoms with Gasteiger partial charge < -0.3 is 15.6 Å². The Bertz CT molecular complexity index is 1230. The SMILES string of the molecule is N=C(N)c1cccc(Cn2c(C(=O)NCc3ccccc3)cc3cc(Cl)ccc32)c1. The Balaban J connectivity index is 1.69. The number of halogens is 1. The third kappa shape index (κ3) is 4.21. The van der Waals surface area contributed by atoms with E-state index in [1.165, 1.54) is 0 Å². The Morgan fingerprint density at radius 3 is 2.50 bits per heavy atom. The minimum absolute atomic E-state index is 0.0156. The molecule has 4 N–H and O–H groups in total. The number of nitrogen functional groups attached to an aromatic ring is 1. The predicted molar refractivity (Wildman–Crippen MR) is 121 cm³/mol. The van der Waals surface area contributed by atoms with E-state index in [2.05, 4.69) is 5.32 Å². The van der Waals surface area contributed by atoms with E-state index in [4.69, 9.17) is 22.7 Å². The van der Waals surface area contributed by atoms with Crippen LogP contribution < -0.4 is 11.1 Å². The number of amides is 1. The Kier molecular flexibility index (Phi) is 5.55. The second kappa shape index (κ2) is 8.43. The number of aromatic nitrogens is 1. The smallest absolute Gasteiger partial charge is 0.268 e. The van der Waals surface area contributed by atoms with Crippen molar-refractivity contribution in [1.82, 2.24) is 9.88 Å². The van der Waals surface area contributed by atoms with E-state index < -0.39 is 0 Å². The van der Waals surface area contributed by atoms with Gasteiger partial charge in [-0.15, -0.1) is 0 Å². The highest BCUT2D eigenvalue weighted by molar-refractivity contribution is 6.31. The highest BCUT2D eigenvalue weighted by atomic mass is 35.5. The van der Waals surface area contributed by atoms with Crippen LogP contribution in [0.5, 0.6) is 0 Å². The van der Waals surface area contributed by atoms with Crippen molar-refractivity contribution in [2.45, 2.75) is 13.1 Å². The van der Waals surface area contributed by atoms with Crippen LogP contribution >= 0.6 is 11.6 Å². The van der Waals surface area contributed by atoms with Crippen LogP contribution in [-0.2, 0) is 13.1 Å². The standard InChI is InChI=1S/C24H21ClN4O/c25-20-9-10-21-19(12-20)13-22(24(30)28-14-16-5-2-1-3-6-16)29(21)15-17-7-4-8-18(11-17)23(26)27/h1-13H,14-15H2,(H3,26,27)(H,28,30). The Morgan fingerprint density at radius 2 is 1.73 bits per heavy atom. The number of benzene rings is 3. The van der Waals surface area contributed by atoms with Crippen molar-refractivity contribution >= 4 is 34.2 Å². The summed E-state index contributed by atoms with van der Waals surface area (Å²) in [5, 5.41) is 12.2. The van der Waals surface area contributed by atoms with E-state index in [9.17, 15) is 4.79 Å². The van der Waals surface area contributed by atoms with Crippen LogP contribution in [-0.4, -0.2) is 16.3 Å². The normalized spacial score (nSPS) is 10.8. The molecule has 1 amide bonds. The van der Waals surface area contributed by atoms with E-state index in [0.29, 0.717) is 29.4 Å². The maximum Gasteiger partial charge on any atom is 0.268 e. The largest absolute Gasteiger partial charge is 0.384 e. The molecule has 0 spiro atoms. The van der Waals surface area contributed by atoms with Crippen LogP contribution in [0.2, 0.25) is 5.02 Å². The zero-order valence-corrected chi connectivity index (χ0v) is 17.0. The third-order valence-corrected chi connectivity index (χ3v) is 5.21. The lowest BCUT2D eigenvalue weighted by Crippen LogP contribution is -2.25. The summed E-state index contributed by atoms with van der Waals surface area (Å²) in [4.78, 5) is 13.0. The summed E-state index contributed by atoms with van der Waals surface area (Å²) < 4.78 is 1.96. The van der Waals surface area contributed by atoms with Gasteiger partial charge in [-0.3, -0.25) is 10.2 Å². The maximum absolute atomic E-state index is 13.0. The lowest BCUT2D eigenvalue weighted by molar-refractivity contribution is 0.0942. The van der Waals surface area contributed by atoms with E-state index in [1.54, 1.807) is 6.07 Å². The van der Waals surface area contributed by atoms with Gasteiger partial charge in [0.2, 0.25) is 0 Å². The van der Waals surface area contributed by atoms with Gasteiger partial charge in [-0.2, -0.15) is 0 Å². The summed E-state index contributed by atoms with van der Waals surface area (Å²) in [6.45, 7) is 0.919. The molecule has 5 nitrogen and oxygen atoms in total. The molecule has 0 bridgehead atoms. The average molecular weight is 417 g/mol. The molecule has 0 aliphatic carbocycles. The van der Waals surface area contributed by atoms with Gasteiger partial charge in [-0.25, -0.2) is 0 Å². The Morgan fingerprint density at radius 1 is 0.967 bits per heavy atom. The molecule has 4 aromatic rings. The van der Waals surface area contributed by atoms with Gasteiger partial charge in [0.1, 0.15) is 11.5 Å². The zero-order chi connectivity index (χ0) is 21.1. The quantitative estimate of drug-likeness (QED) is 0.318. The van der Waals surface area contributed by atoms with Crippen molar-refractivity contribution < 1.29 is 4.79 Å². The number of hydrogen-bond acceptors (Lipinski definition) is 2. The summed E-state index contributed by atoms with van der Waals surface area (Å²) in [5.74, 6) is -0.143. The topological polar surface area (TPSA) is 83.9 Å². The van der Waals surface area contributed by atoms with Crippen molar-refractivity contribution in [3.8, 4) is 0 Å². The monoisotopic (exact) mass is 416 g/mol. The molecule has 30 heavy (non-hydrogen) atoms. The van der Waals surface area contributed by atoms with E-state index in [1.807, 2.05) is 77.4 Å². The van der Waals surface area contributed by atoms with Gasteiger partial charge in [0.05, 0.1) is 0 Å². The molecule has 6 heteroatoms. The van der Waals surface area contributed by atoms with Crippen LogP contribution in [0.15, 0.2) is 78.9 Å². The molecule has 4 rings (SSSR count). The van der Waals surface area contributed by atoms with E-state index >= 15 is 0 Å². The van der Waals surface area contributed by atoms with Crippen molar-refractivity contribution in [1.29, 1.82) is 5.41 Å². The number of hydrogen-bond donors (Lipinski definition) is 3. The highest BCUT2D eigenvalue weighted by Gasteiger charge is 2.16. The number of nitrogens with two attached hydrogens (primary N) is 1.